The molecule has 0 aliphatic carbocycles. The van der Waals surface area contributed by atoms with Gasteiger partial charge in [0.05, 0.1) is 0 Å². The van der Waals surface area contributed by atoms with Crippen LogP contribution in [0.1, 0.15) is 35.2 Å². The molecule has 0 saturated heterocycles. The van der Waals surface area contributed by atoms with E-state index in [0.29, 0.717) is 0 Å². The van der Waals surface area contributed by atoms with Crippen LogP contribution in [0.3, 0.4) is 0 Å². The Labute approximate surface area is 204 Å². The van der Waals surface area contributed by atoms with Gasteiger partial charge in [0.15, 0.2) is 0 Å². The molecule has 3 radical (unpaired) electrons. The van der Waals surface area contributed by atoms with Crippen LogP contribution in [0, 0.1) is 23.7 Å². The molecule has 2 aromatic rings. The molecule has 0 atom stereocenters. The van der Waals surface area contributed by atoms with E-state index >= 15 is 0 Å². The predicted molar refractivity (Wildman–Crippen MR) is 127 cm³/mol. The molecule has 3 rings (SSSR count). The molecule has 8 heteroatoms. The molecule has 2 heterocycles. The summed E-state index contributed by atoms with van der Waals surface area (Å²) >= 11 is 4.08. The number of nitrogens with zero attached hydrogens (tertiary/aromatic N) is 2. The topological polar surface area (TPSA) is 80.4 Å². The maximum absolute atomic E-state index is 9.91. The first-order valence-electron chi connectivity index (χ1n) is 9.28. The fourth-order valence-corrected chi connectivity index (χ4v) is 3.52. The van der Waals surface area contributed by atoms with Crippen LogP contribution in [0.15, 0.2) is 59.4 Å². The number of thiol groups is 1. The fourth-order valence-electron chi connectivity index (χ4n) is 2.40. The summed E-state index contributed by atoms with van der Waals surface area (Å²) in [6.07, 6.45) is 9.15. The van der Waals surface area contributed by atoms with Crippen LogP contribution >= 0.6 is 12.8 Å². The summed E-state index contributed by atoms with van der Waals surface area (Å²) < 4.78 is 11.2. The zero-order chi connectivity index (χ0) is 22.7. The molecule has 0 fully saturated rings. The third-order valence-corrected chi connectivity index (χ3v) is 4.65. The molecular weight excluding hydrogens is 607 g/mol. The number of primary amides is 1. The molecule has 0 saturated carbocycles. The number of hydrogen-bond donors (Lipinski definition) is 3. The molecule has 157 valence electrons. The number of pyridine rings is 1. The normalized spacial score (nSPS) is 11.0. The van der Waals surface area contributed by atoms with Crippen molar-refractivity contribution in [1.29, 1.82) is 0 Å². The van der Waals surface area contributed by atoms with Gasteiger partial charge >= 0.3 is 166 Å². The van der Waals surface area contributed by atoms with Crippen LogP contribution in [0.4, 0.5) is 4.48 Å². The second-order valence-electron chi connectivity index (χ2n) is 5.79. The second kappa shape index (κ2) is 17.2. The van der Waals surface area contributed by atoms with Gasteiger partial charge in [0.25, 0.3) is 0 Å². The van der Waals surface area contributed by atoms with Gasteiger partial charge in [-0.1, -0.05) is 12.8 Å². The van der Waals surface area contributed by atoms with Gasteiger partial charge < -0.3 is 5.73 Å². The minimum atomic E-state index is 0.250. The van der Waals surface area contributed by atoms with Gasteiger partial charge in [-0.3, -0.25) is 4.79 Å². The number of aromatic nitrogens is 1. The number of nitrogens with one attached hydrogen (secondary N) is 1. The number of aryl methyl sites for hydroxylation is 1. The molecular formula is C23H22FN4OPbS. The van der Waals surface area contributed by atoms with Crippen molar-refractivity contribution in [3.63, 3.8) is 0 Å². The van der Waals surface area contributed by atoms with E-state index in [4.69, 9.17) is 4.79 Å². The number of benzene rings is 1. The first kappa shape index (κ1) is 26.6. The van der Waals surface area contributed by atoms with E-state index in [2.05, 4.69) is 76.5 Å². The molecule has 0 spiro atoms. The van der Waals surface area contributed by atoms with E-state index in [0.717, 1.165) is 46.7 Å². The van der Waals surface area contributed by atoms with Crippen molar-refractivity contribution in [2.24, 2.45) is 10.7 Å². The quantitative estimate of drug-likeness (QED) is 0.157. The summed E-state index contributed by atoms with van der Waals surface area (Å²) in [6, 6.07) is 12.2. The molecule has 0 bridgehead atoms. The Morgan fingerprint density at radius 2 is 1.90 bits per heavy atom. The molecule has 1 aromatic heterocycles. The van der Waals surface area contributed by atoms with E-state index in [1.54, 1.807) is 6.20 Å². The van der Waals surface area contributed by atoms with Gasteiger partial charge in [0.2, 0.25) is 6.41 Å². The van der Waals surface area contributed by atoms with Gasteiger partial charge in [-0.15, -0.1) is 9.43 Å². The second-order valence-corrected chi connectivity index (χ2v) is 7.91. The van der Waals surface area contributed by atoms with Crippen molar-refractivity contribution < 1.29 is 9.28 Å². The Bertz CT molecular complexity index is 1000. The van der Waals surface area contributed by atoms with E-state index in [9.17, 15) is 4.48 Å². The number of rotatable bonds is 2. The van der Waals surface area contributed by atoms with Crippen molar-refractivity contribution in [2.45, 2.75) is 23.2 Å². The molecule has 5 nitrogen and oxygen atoms in total. The van der Waals surface area contributed by atoms with Gasteiger partial charge in [-0.25, -0.2) is 0 Å². The molecule has 1 amide bonds. The number of hydrogen-bond acceptors (Lipinski definition) is 5. The summed E-state index contributed by atoms with van der Waals surface area (Å²) in [5.41, 5.74) is 9.02. The summed E-state index contributed by atoms with van der Waals surface area (Å²) in [6.45, 7) is 0. The predicted octanol–water partition coefficient (Wildman–Crippen LogP) is 3.12. The Balaban J connectivity index is 0.000000720. The number of nitrogens with two attached hydrogens (primary N) is 1. The number of carbonyl (C=O) groups is 1. The molecule has 1 aliphatic heterocycles. The van der Waals surface area contributed by atoms with E-state index in [-0.39, 0.29) is 6.41 Å². The molecule has 31 heavy (non-hydrogen) atoms. The monoisotopic (exact) mass is 629 g/mol. The van der Waals surface area contributed by atoms with Crippen LogP contribution < -0.4 is 10.7 Å². The zero-order valence-electron chi connectivity index (χ0n) is 16.8. The summed E-state index contributed by atoms with van der Waals surface area (Å²) in [5, 5.41) is 0. The van der Waals surface area contributed by atoms with Crippen LogP contribution in [-0.4, -0.2) is 43.4 Å². The number of halogens is 1. The third kappa shape index (κ3) is 11.5. The van der Waals surface area contributed by atoms with Crippen LogP contribution in [0.2, 0.25) is 3.98 Å². The molecule has 3 N–H and O–H groups in total. The Kier molecular flexibility index (Phi) is 14.8. The van der Waals surface area contributed by atoms with Gasteiger partial charge in [-0.2, -0.15) is 0 Å². The van der Waals surface area contributed by atoms with Crippen molar-refractivity contribution in [1.82, 2.24) is 9.93 Å². The summed E-state index contributed by atoms with van der Waals surface area (Å²) in [5.74, 6) is 12.8. The Morgan fingerprint density at radius 3 is 2.52 bits per heavy atom. The van der Waals surface area contributed by atoms with Crippen LogP contribution in [0.5, 0.6) is 0 Å². The van der Waals surface area contributed by atoms with Gasteiger partial charge in [-0.05, 0) is 0 Å². The first-order chi connectivity index (χ1) is 15.2. The summed E-state index contributed by atoms with van der Waals surface area (Å²) in [4.78, 5) is 18.1. The maximum atomic E-state index is 9.91. The molecule has 1 aromatic carbocycles. The van der Waals surface area contributed by atoms with Crippen LogP contribution in [-0.2, 0) is 11.2 Å². The summed E-state index contributed by atoms with van der Waals surface area (Å²) in [7, 11) is 0. The SMILES string of the molecule is FNS.NC=O.[Pb][CH2]Cc1ccc(C#CC2=CCCC=N2)c(C#Cc2ccccn2)c1. The Hall–Kier alpha value is -2.47. The number of carbonyl (C=O) groups excluding carboxylic acids is 1. The van der Waals surface area contributed by atoms with Crippen molar-refractivity contribution in [3.8, 4) is 23.7 Å². The van der Waals surface area contributed by atoms with Gasteiger partial charge in [0, 0.05) is 0 Å². The molecule has 1 aliphatic rings. The number of aliphatic imine (C=N–C) groups is 1. The fraction of sp³-hybridized carbons (Fsp3) is 0.174. The Morgan fingerprint density at radius 1 is 1.16 bits per heavy atom. The number of allylic oxidation sites excluding steroid dienone is 2. The minimum absolute atomic E-state index is 0.250. The van der Waals surface area contributed by atoms with Crippen molar-refractivity contribution >= 4 is 51.2 Å². The average molecular weight is 629 g/mol. The van der Waals surface area contributed by atoms with Crippen molar-refractivity contribution in [3.05, 3.63) is 76.8 Å². The zero-order valence-corrected chi connectivity index (χ0v) is 21.6. The average Bonchev–Trinajstić information content (AvgIpc) is 2.80. The third-order valence-electron chi connectivity index (χ3n) is 3.68. The number of amides is 1. The van der Waals surface area contributed by atoms with E-state index in [1.165, 1.54) is 35.3 Å². The standard InChI is InChI=1S/C22H17N2.CH3NO.FH2NS.Pb/c1-2-18-9-10-19(11-13-21-7-3-5-15-23-21)20(17-18)12-14-22-8-4-6-16-24-22;2-1-3;1-2-3;/h4,6-10,15-17H,1-3,5H2;1H,(H2,2,3);2-3H;. The van der Waals surface area contributed by atoms with E-state index < -0.39 is 0 Å². The first-order valence-corrected chi connectivity index (χ1v) is 12.5. The molecule has 0 unspecified atom stereocenters. The van der Waals surface area contributed by atoms with E-state index in [1.807, 2.05) is 24.4 Å². The van der Waals surface area contributed by atoms with Gasteiger partial charge in [0.1, 0.15) is 0 Å². The van der Waals surface area contributed by atoms with Crippen molar-refractivity contribution in [2.75, 3.05) is 0 Å². The van der Waals surface area contributed by atoms with Crippen LogP contribution in [0.25, 0.3) is 0 Å².